The molecule has 4 atom stereocenters. The predicted molar refractivity (Wildman–Crippen MR) is 186 cm³/mol. The third kappa shape index (κ3) is 8.23. The Morgan fingerprint density at radius 2 is 1.43 bits per heavy atom. The van der Waals surface area contributed by atoms with Gasteiger partial charge in [-0.1, -0.05) is 48.5 Å². The van der Waals surface area contributed by atoms with Crippen molar-refractivity contribution in [2.24, 2.45) is 0 Å². The maximum absolute atomic E-state index is 13.6. The second-order valence-electron chi connectivity index (χ2n) is 13.3. The molecular formula is C36H45N3O15. The number of amides is 3. The highest BCUT2D eigenvalue weighted by atomic mass is 16.8. The first-order chi connectivity index (χ1) is 25.1. The van der Waals surface area contributed by atoms with Gasteiger partial charge in [0.1, 0.15) is 17.4 Å². The lowest BCUT2D eigenvalue weighted by molar-refractivity contribution is -0.320. The number of aliphatic hydroxyl groups is 6. The Balaban J connectivity index is 1.79. The van der Waals surface area contributed by atoms with Crippen molar-refractivity contribution in [2.75, 3.05) is 13.1 Å². The fraction of sp³-hybridized carbons (Fsp3) is 0.417. The highest BCUT2D eigenvalue weighted by Gasteiger charge is 2.61. The second-order valence-corrected chi connectivity index (χ2v) is 13.3. The Labute approximate surface area is 308 Å². The van der Waals surface area contributed by atoms with Crippen molar-refractivity contribution < 1.29 is 75.3 Å². The van der Waals surface area contributed by atoms with Crippen LogP contribution in [-0.2, 0) is 21.8 Å². The summed E-state index contributed by atoms with van der Waals surface area (Å²) in [5, 5.41) is 125. The molecule has 0 aliphatic carbocycles. The standard InChI is InChI=1S/C36H45N3O15/c1-18-9-7-10-19(2)31(18)54-36(52,53)24(41)17-34(49,35(50,51)25-26(42)28(44)30(46)29(45)27(25)43)23(40)16-22(15-21-11-5-4-6-12-21)38-32(47)20(3)39-14-8-13-37-33(39)48/h4-7,9-12,20,22-23,40,42-46,49-53H,8,13-17H2,1-3H3,(H,37,48)(H,38,47). The van der Waals surface area contributed by atoms with E-state index in [1.165, 1.54) is 37.8 Å². The Morgan fingerprint density at radius 1 is 0.870 bits per heavy atom. The summed E-state index contributed by atoms with van der Waals surface area (Å²) in [7, 11) is 0. The number of benzene rings is 3. The monoisotopic (exact) mass is 759 g/mol. The van der Waals surface area contributed by atoms with Gasteiger partial charge in [-0.05, 0) is 56.7 Å². The number of ketones is 1. The Hall–Kier alpha value is -5.37. The number of carbonyl (C=O) groups is 3. The Kier molecular flexibility index (Phi) is 12.2. The minimum Gasteiger partial charge on any atom is -0.504 e. The van der Waals surface area contributed by atoms with Crippen molar-refractivity contribution in [3.05, 3.63) is 70.8 Å². The van der Waals surface area contributed by atoms with E-state index in [9.17, 15) is 70.6 Å². The average Bonchev–Trinajstić information content (AvgIpc) is 3.11. The van der Waals surface area contributed by atoms with Crippen LogP contribution in [0.2, 0.25) is 0 Å². The summed E-state index contributed by atoms with van der Waals surface area (Å²) in [5.41, 5.74) is -4.38. The van der Waals surface area contributed by atoms with E-state index in [1.54, 1.807) is 36.4 Å². The molecule has 1 aliphatic heterocycles. The van der Waals surface area contributed by atoms with Gasteiger partial charge >= 0.3 is 12.0 Å². The lowest BCUT2D eigenvalue weighted by Gasteiger charge is -2.44. The maximum atomic E-state index is 13.6. The summed E-state index contributed by atoms with van der Waals surface area (Å²) in [6.45, 7) is 5.08. The topological polar surface area (TPSA) is 310 Å². The second kappa shape index (κ2) is 15.9. The maximum Gasteiger partial charge on any atom is 0.386 e. The first-order valence-corrected chi connectivity index (χ1v) is 16.8. The Bertz CT molecular complexity index is 1820. The van der Waals surface area contributed by atoms with E-state index in [4.69, 9.17) is 4.74 Å². The SMILES string of the molecule is Cc1cccc(C)c1OC(O)(O)C(=O)CC(O)(C(O)CC(Cc1ccccc1)NC(=O)C(C)N1CCCNC1=O)C(O)(O)c1c(O)c(O)c(O)c(O)c1O. The number of Topliss-reactive ketones (excluding diaryl/α,β-unsaturated/α-hetero) is 1. The van der Waals surface area contributed by atoms with Crippen LogP contribution in [0.3, 0.4) is 0 Å². The molecule has 54 heavy (non-hydrogen) atoms. The van der Waals surface area contributed by atoms with Gasteiger partial charge in [0.25, 0.3) is 0 Å². The van der Waals surface area contributed by atoms with Gasteiger partial charge in [-0.15, -0.1) is 0 Å². The number of rotatable bonds is 15. The molecule has 0 radical (unpaired) electrons. The lowest BCUT2D eigenvalue weighted by Crippen LogP contribution is -2.63. The van der Waals surface area contributed by atoms with Gasteiger partial charge in [0.05, 0.1) is 12.5 Å². The van der Waals surface area contributed by atoms with Crippen molar-refractivity contribution in [1.82, 2.24) is 15.5 Å². The normalized spacial score (nSPS) is 16.5. The quantitative estimate of drug-likeness (QED) is 0.0536. The van der Waals surface area contributed by atoms with Crippen LogP contribution in [0.4, 0.5) is 4.79 Å². The summed E-state index contributed by atoms with van der Waals surface area (Å²) in [6, 6.07) is 10.0. The summed E-state index contributed by atoms with van der Waals surface area (Å²) < 4.78 is 5.18. The lowest BCUT2D eigenvalue weighted by atomic mass is 9.75. The molecule has 0 spiro atoms. The van der Waals surface area contributed by atoms with Gasteiger partial charge in [-0.2, -0.15) is 0 Å². The zero-order chi connectivity index (χ0) is 40.3. The minimum absolute atomic E-state index is 0.118. The first kappa shape index (κ1) is 41.4. The molecule has 294 valence electrons. The highest BCUT2D eigenvalue weighted by molar-refractivity contribution is 5.87. The number of nitrogens with zero attached hydrogens (tertiary/aromatic N) is 1. The van der Waals surface area contributed by atoms with E-state index < -0.39 is 100 Å². The molecule has 3 amide bonds. The van der Waals surface area contributed by atoms with Crippen molar-refractivity contribution in [2.45, 2.75) is 82.0 Å². The molecule has 0 saturated carbocycles. The van der Waals surface area contributed by atoms with Crippen molar-refractivity contribution in [3.63, 3.8) is 0 Å². The molecular weight excluding hydrogens is 714 g/mol. The molecule has 1 aliphatic rings. The van der Waals surface area contributed by atoms with Crippen molar-refractivity contribution in [3.8, 4) is 34.5 Å². The number of aliphatic hydroxyl groups excluding tert-OH is 1. The van der Waals surface area contributed by atoms with Crippen LogP contribution in [0.25, 0.3) is 0 Å². The predicted octanol–water partition coefficient (Wildman–Crippen LogP) is -0.341. The highest BCUT2D eigenvalue weighted by Crippen LogP contribution is 2.56. The third-order valence-corrected chi connectivity index (χ3v) is 9.46. The molecule has 0 bridgehead atoms. The largest absolute Gasteiger partial charge is 0.504 e. The minimum atomic E-state index is -4.31. The Morgan fingerprint density at radius 3 is 1.98 bits per heavy atom. The van der Waals surface area contributed by atoms with Gasteiger partial charge in [0, 0.05) is 19.1 Å². The van der Waals surface area contributed by atoms with E-state index in [0.29, 0.717) is 29.7 Å². The zero-order valence-corrected chi connectivity index (χ0v) is 29.6. The first-order valence-electron chi connectivity index (χ1n) is 16.8. The number of para-hydroxylation sites is 1. The number of hydrogen-bond acceptors (Lipinski definition) is 15. The van der Waals surface area contributed by atoms with Crippen LogP contribution < -0.4 is 15.4 Å². The molecule has 1 fully saturated rings. The smallest absolute Gasteiger partial charge is 0.386 e. The average molecular weight is 760 g/mol. The molecule has 1 saturated heterocycles. The van der Waals surface area contributed by atoms with E-state index in [2.05, 4.69) is 10.6 Å². The number of hydrogen-bond donors (Lipinski definition) is 13. The molecule has 3 aromatic rings. The number of urea groups is 1. The van der Waals surface area contributed by atoms with Gasteiger partial charge in [-0.3, -0.25) is 9.59 Å². The zero-order valence-electron chi connectivity index (χ0n) is 29.6. The number of phenolic OH excluding ortho intramolecular Hbond substituents is 5. The van der Waals surface area contributed by atoms with Crippen LogP contribution in [-0.4, -0.2) is 122 Å². The fourth-order valence-corrected chi connectivity index (χ4v) is 6.26. The fourth-order valence-electron chi connectivity index (χ4n) is 6.26. The molecule has 3 aromatic carbocycles. The number of nitrogens with one attached hydrogen (secondary N) is 2. The summed E-state index contributed by atoms with van der Waals surface area (Å²) in [4.78, 5) is 40.8. The molecule has 13 N–H and O–H groups in total. The van der Waals surface area contributed by atoms with Crippen LogP contribution in [0.5, 0.6) is 34.5 Å². The van der Waals surface area contributed by atoms with Crippen molar-refractivity contribution in [1.29, 1.82) is 0 Å². The van der Waals surface area contributed by atoms with Gasteiger partial charge < -0.3 is 76.4 Å². The van der Waals surface area contributed by atoms with Crippen LogP contribution in [0.15, 0.2) is 48.5 Å². The van der Waals surface area contributed by atoms with Crippen molar-refractivity contribution >= 4 is 17.7 Å². The van der Waals surface area contributed by atoms with Gasteiger partial charge in [0.2, 0.25) is 34.7 Å². The summed E-state index contributed by atoms with van der Waals surface area (Å²) in [5.74, 6) is -19.3. The van der Waals surface area contributed by atoms with Gasteiger partial charge in [-0.25, -0.2) is 4.79 Å². The van der Waals surface area contributed by atoms with E-state index in [0.717, 1.165) is 0 Å². The molecule has 0 aromatic heterocycles. The van der Waals surface area contributed by atoms with Crippen LogP contribution >= 0.6 is 0 Å². The summed E-state index contributed by atoms with van der Waals surface area (Å²) in [6.07, 6.45) is -4.97. The third-order valence-electron chi connectivity index (χ3n) is 9.46. The van der Waals surface area contributed by atoms with Crippen LogP contribution in [0, 0.1) is 13.8 Å². The molecule has 1 heterocycles. The molecule has 4 unspecified atom stereocenters. The number of phenols is 5. The molecule has 4 rings (SSSR count). The molecule has 18 nitrogen and oxygen atoms in total. The van der Waals surface area contributed by atoms with Crippen LogP contribution in [0.1, 0.15) is 48.4 Å². The number of aryl methyl sites for hydroxylation is 2. The number of carbonyl (C=O) groups excluding carboxylic acids is 3. The molecule has 18 heteroatoms. The van der Waals surface area contributed by atoms with E-state index in [1.807, 2.05) is 0 Å². The van der Waals surface area contributed by atoms with E-state index >= 15 is 0 Å². The van der Waals surface area contributed by atoms with Gasteiger partial charge in [0.15, 0.2) is 17.1 Å². The summed E-state index contributed by atoms with van der Waals surface area (Å²) >= 11 is 0. The van der Waals surface area contributed by atoms with E-state index in [-0.39, 0.29) is 18.7 Å². The number of aromatic hydroxyl groups is 5. The number of ether oxygens (including phenoxy) is 1.